The molecular formula is C17H17ClN2S. The van der Waals surface area contributed by atoms with Crippen LogP contribution in [0.15, 0.2) is 55.3 Å². The van der Waals surface area contributed by atoms with Gasteiger partial charge in [-0.2, -0.15) is 0 Å². The molecule has 0 bridgehead atoms. The van der Waals surface area contributed by atoms with Gasteiger partial charge in [0.05, 0.1) is 4.88 Å². The van der Waals surface area contributed by atoms with Gasteiger partial charge in [-0.25, -0.2) is 4.98 Å². The first-order chi connectivity index (χ1) is 10.2. The van der Waals surface area contributed by atoms with Crippen LogP contribution in [0.1, 0.15) is 17.4 Å². The quantitative estimate of drug-likeness (QED) is 0.735. The fourth-order valence-corrected chi connectivity index (χ4v) is 3.08. The minimum atomic E-state index is 0.716. The molecule has 0 amide bonds. The number of halogens is 1. The third-order valence-corrected chi connectivity index (χ3v) is 4.35. The molecule has 1 aromatic carbocycles. The lowest BCUT2D eigenvalue weighted by atomic mass is 9.98. The van der Waals surface area contributed by atoms with Crippen LogP contribution in [0, 0.1) is 0 Å². The summed E-state index contributed by atoms with van der Waals surface area (Å²) in [5.74, 6) is 0. The number of hydrogen-bond donors (Lipinski definition) is 1. The number of aromatic nitrogens is 1. The van der Waals surface area contributed by atoms with Crippen LogP contribution in [0.2, 0.25) is 5.02 Å². The molecule has 0 saturated heterocycles. The zero-order chi connectivity index (χ0) is 15.2. The SMILES string of the molecule is C=C/C(=C(\C=C/C)c1cnc(NC)s1)c1ccccc1Cl. The van der Waals surface area contributed by atoms with Gasteiger partial charge in [-0.1, -0.05) is 65.9 Å². The minimum Gasteiger partial charge on any atom is -0.365 e. The standard InChI is InChI=1S/C17H17ClN2S/c1-4-8-14(16-11-20-17(19-3)21-16)12(5-2)13-9-6-7-10-15(13)18/h4-11H,2H2,1,3H3,(H,19,20)/b8-4-,14-12-. The third kappa shape index (κ3) is 3.43. The van der Waals surface area contributed by atoms with Crippen molar-refractivity contribution < 1.29 is 0 Å². The highest BCUT2D eigenvalue weighted by molar-refractivity contribution is 7.16. The van der Waals surface area contributed by atoms with Gasteiger partial charge < -0.3 is 5.32 Å². The number of anilines is 1. The molecule has 1 heterocycles. The molecule has 0 fully saturated rings. The highest BCUT2D eigenvalue weighted by atomic mass is 35.5. The molecule has 0 radical (unpaired) electrons. The van der Waals surface area contributed by atoms with E-state index in [2.05, 4.69) is 23.0 Å². The van der Waals surface area contributed by atoms with Crippen LogP contribution in [0.25, 0.3) is 11.1 Å². The lowest BCUT2D eigenvalue weighted by molar-refractivity contribution is 1.36. The largest absolute Gasteiger partial charge is 0.365 e. The van der Waals surface area contributed by atoms with Crippen molar-refractivity contribution in [2.75, 3.05) is 12.4 Å². The van der Waals surface area contributed by atoms with Crippen molar-refractivity contribution in [2.24, 2.45) is 0 Å². The van der Waals surface area contributed by atoms with E-state index in [1.54, 1.807) is 11.3 Å². The zero-order valence-electron chi connectivity index (χ0n) is 12.1. The van der Waals surface area contributed by atoms with Crippen LogP contribution in [-0.2, 0) is 0 Å². The van der Waals surface area contributed by atoms with E-state index in [9.17, 15) is 0 Å². The highest BCUT2D eigenvalue weighted by Gasteiger charge is 2.12. The third-order valence-electron chi connectivity index (χ3n) is 2.98. The first-order valence-electron chi connectivity index (χ1n) is 6.59. The molecular weight excluding hydrogens is 300 g/mol. The lowest BCUT2D eigenvalue weighted by Gasteiger charge is -2.10. The fourth-order valence-electron chi connectivity index (χ4n) is 2.03. The van der Waals surface area contributed by atoms with Gasteiger partial charge in [0.2, 0.25) is 0 Å². The van der Waals surface area contributed by atoms with Gasteiger partial charge in [-0.05, 0) is 18.6 Å². The van der Waals surface area contributed by atoms with Crippen LogP contribution in [0.4, 0.5) is 5.13 Å². The Morgan fingerprint density at radius 2 is 2.10 bits per heavy atom. The van der Waals surface area contributed by atoms with E-state index in [0.29, 0.717) is 5.02 Å². The number of nitrogens with zero attached hydrogens (tertiary/aromatic N) is 1. The Bertz CT molecular complexity index is 698. The number of thiazole rings is 1. The van der Waals surface area contributed by atoms with Crippen molar-refractivity contribution in [3.63, 3.8) is 0 Å². The number of nitrogens with one attached hydrogen (secondary N) is 1. The second-order valence-corrected chi connectivity index (χ2v) is 5.73. The van der Waals surface area contributed by atoms with Gasteiger partial charge in [0.25, 0.3) is 0 Å². The molecule has 0 atom stereocenters. The maximum atomic E-state index is 6.33. The van der Waals surface area contributed by atoms with Crippen molar-refractivity contribution in [1.29, 1.82) is 0 Å². The topological polar surface area (TPSA) is 24.9 Å². The number of hydrogen-bond acceptors (Lipinski definition) is 3. The van der Waals surface area contributed by atoms with Crippen molar-refractivity contribution in [3.8, 4) is 0 Å². The second-order valence-electron chi connectivity index (χ2n) is 4.29. The highest BCUT2D eigenvalue weighted by Crippen LogP contribution is 2.35. The summed E-state index contributed by atoms with van der Waals surface area (Å²) in [6.45, 7) is 5.95. The number of rotatable bonds is 5. The average molecular weight is 317 g/mol. The Kier molecular flexibility index (Phi) is 5.37. The summed E-state index contributed by atoms with van der Waals surface area (Å²) in [5, 5.41) is 4.66. The van der Waals surface area contributed by atoms with Gasteiger partial charge in [0.15, 0.2) is 5.13 Å². The monoisotopic (exact) mass is 316 g/mol. The van der Waals surface area contributed by atoms with Gasteiger partial charge in [-0.3, -0.25) is 0 Å². The second kappa shape index (κ2) is 7.25. The molecule has 0 spiro atoms. The molecule has 4 heteroatoms. The van der Waals surface area contributed by atoms with Crippen LogP contribution in [0.3, 0.4) is 0 Å². The Balaban J connectivity index is 2.66. The maximum absolute atomic E-state index is 6.33. The van der Waals surface area contributed by atoms with Crippen molar-refractivity contribution in [1.82, 2.24) is 4.98 Å². The van der Waals surface area contributed by atoms with E-state index in [1.807, 2.05) is 56.6 Å². The smallest absolute Gasteiger partial charge is 0.182 e. The summed E-state index contributed by atoms with van der Waals surface area (Å²) >= 11 is 7.93. The van der Waals surface area contributed by atoms with E-state index in [0.717, 1.165) is 26.7 Å². The Hall–Kier alpha value is -1.84. The van der Waals surface area contributed by atoms with Gasteiger partial charge in [0.1, 0.15) is 0 Å². The zero-order valence-corrected chi connectivity index (χ0v) is 13.6. The van der Waals surface area contributed by atoms with E-state index in [-0.39, 0.29) is 0 Å². The molecule has 1 N–H and O–H groups in total. The van der Waals surface area contributed by atoms with Crippen molar-refractivity contribution >= 4 is 39.2 Å². The predicted octanol–water partition coefficient (Wildman–Crippen LogP) is 5.51. The normalized spacial score (nSPS) is 12.3. The van der Waals surface area contributed by atoms with Gasteiger partial charge >= 0.3 is 0 Å². The van der Waals surface area contributed by atoms with E-state index in [1.165, 1.54) is 0 Å². The molecule has 1 aromatic heterocycles. The Labute approximate surface area is 134 Å². The molecule has 2 nitrogen and oxygen atoms in total. The summed E-state index contributed by atoms with van der Waals surface area (Å²) in [6.07, 6.45) is 7.78. The molecule has 21 heavy (non-hydrogen) atoms. The van der Waals surface area contributed by atoms with Gasteiger partial charge in [0, 0.05) is 29.4 Å². The predicted molar refractivity (Wildman–Crippen MR) is 94.9 cm³/mol. The first-order valence-corrected chi connectivity index (χ1v) is 7.79. The van der Waals surface area contributed by atoms with E-state index in [4.69, 9.17) is 11.6 Å². The minimum absolute atomic E-state index is 0.716. The summed E-state index contributed by atoms with van der Waals surface area (Å²) < 4.78 is 0. The maximum Gasteiger partial charge on any atom is 0.182 e. The lowest BCUT2D eigenvalue weighted by Crippen LogP contribution is -1.88. The Morgan fingerprint density at radius 3 is 2.67 bits per heavy atom. The fraction of sp³-hybridized carbons (Fsp3) is 0.118. The van der Waals surface area contributed by atoms with Gasteiger partial charge in [-0.15, -0.1) is 0 Å². The summed E-state index contributed by atoms with van der Waals surface area (Å²) in [6, 6.07) is 7.79. The van der Waals surface area contributed by atoms with Crippen molar-refractivity contribution in [3.05, 3.63) is 70.7 Å². The molecule has 0 aliphatic rings. The molecule has 0 aliphatic heterocycles. The Morgan fingerprint density at radius 1 is 1.33 bits per heavy atom. The summed E-state index contributed by atoms with van der Waals surface area (Å²) in [7, 11) is 1.87. The van der Waals surface area contributed by atoms with Crippen LogP contribution >= 0.6 is 22.9 Å². The molecule has 0 saturated carbocycles. The molecule has 2 aromatic rings. The summed E-state index contributed by atoms with van der Waals surface area (Å²) in [4.78, 5) is 5.42. The van der Waals surface area contributed by atoms with Crippen molar-refractivity contribution in [2.45, 2.75) is 6.92 Å². The summed E-state index contributed by atoms with van der Waals surface area (Å²) in [5.41, 5.74) is 3.05. The molecule has 2 rings (SSSR count). The van der Waals surface area contributed by atoms with Crippen LogP contribution in [0.5, 0.6) is 0 Å². The van der Waals surface area contributed by atoms with E-state index >= 15 is 0 Å². The molecule has 0 unspecified atom stereocenters. The van der Waals surface area contributed by atoms with E-state index < -0.39 is 0 Å². The average Bonchev–Trinajstić information content (AvgIpc) is 2.97. The first kappa shape index (κ1) is 15.5. The molecule has 0 aliphatic carbocycles. The molecule has 108 valence electrons. The van der Waals surface area contributed by atoms with Crippen LogP contribution in [-0.4, -0.2) is 12.0 Å². The number of benzene rings is 1. The van der Waals surface area contributed by atoms with Crippen LogP contribution < -0.4 is 5.32 Å². The number of allylic oxidation sites excluding steroid dienone is 5.